The van der Waals surface area contributed by atoms with Crippen molar-refractivity contribution in [3.05, 3.63) is 24.3 Å². The lowest BCUT2D eigenvalue weighted by Gasteiger charge is -2.18. The van der Waals surface area contributed by atoms with E-state index >= 15 is 0 Å². The molecule has 0 spiro atoms. The van der Waals surface area contributed by atoms with Crippen molar-refractivity contribution < 1.29 is 28.6 Å². The molecule has 0 aliphatic rings. The third kappa shape index (κ3) is 46.9. The normalized spacial score (nSPS) is 12.1. The second-order valence-electron chi connectivity index (χ2n) is 17.8. The molecule has 6 heteroatoms. The summed E-state index contributed by atoms with van der Waals surface area (Å²) >= 11 is 0. The molecule has 0 rings (SSSR count). The Labute approximate surface area is 373 Å². The van der Waals surface area contributed by atoms with Gasteiger partial charge in [0.05, 0.1) is 0 Å². The van der Waals surface area contributed by atoms with Gasteiger partial charge in [-0.3, -0.25) is 14.4 Å². The first-order valence-electron chi connectivity index (χ1n) is 26.3. The quantitative estimate of drug-likeness (QED) is 0.0263. The van der Waals surface area contributed by atoms with Crippen LogP contribution in [0.2, 0.25) is 0 Å². The molecule has 0 bridgehead atoms. The SMILES string of the molecule is CCCCCC/C=C\C/C=C\CCCCCCCC(=O)OC(COC(=O)CCCCCCC)COC(=O)CCCCCCCCCCCCCCCCCCCCCCC. The van der Waals surface area contributed by atoms with E-state index in [-0.39, 0.29) is 31.1 Å². The van der Waals surface area contributed by atoms with E-state index in [1.165, 1.54) is 161 Å². The standard InChI is InChI=1S/C54H100O6/c1-4-7-10-13-15-17-19-21-23-25-26-27-28-29-31-32-34-36-38-41-44-47-53(56)59-50-51(49-58-52(55)46-43-40-12-9-6-3)60-54(57)48-45-42-39-37-35-33-30-24-22-20-18-16-14-11-8-5-2/h18,20,24,30,51H,4-17,19,21-23,25-29,31-50H2,1-3H3/b20-18-,30-24-. The molecule has 1 atom stereocenters. The van der Waals surface area contributed by atoms with Crippen LogP contribution in [0.3, 0.4) is 0 Å². The molecular weight excluding hydrogens is 745 g/mol. The minimum atomic E-state index is -0.770. The van der Waals surface area contributed by atoms with Crippen LogP contribution in [0.1, 0.15) is 284 Å². The predicted molar refractivity (Wildman–Crippen MR) is 256 cm³/mol. The molecule has 0 N–H and O–H groups in total. The van der Waals surface area contributed by atoms with Gasteiger partial charge in [-0.2, -0.15) is 0 Å². The summed E-state index contributed by atoms with van der Waals surface area (Å²) < 4.78 is 16.7. The molecule has 0 radical (unpaired) electrons. The fourth-order valence-corrected chi connectivity index (χ4v) is 7.71. The summed E-state index contributed by atoms with van der Waals surface area (Å²) in [5, 5.41) is 0. The van der Waals surface area contributed by atoms with Gasteiger partial charge in [-0.25, -0.2) is 0 Å². The molecule has 1 unspecified atom stereocenters. The summed E-state index contributed by atoms with van der Waals surface area (Å²) in [5.74, 6) is -0.889. The van der Waals surface area contributed by atoms with Crippen molar-refractivity contribution in [1.82, 2.24) is 0 Å². The number of allylic oxidation sites excluding steroid dienone is 4. The second kappa shape index (κ2) is 49.5. The topological polar surface area (TPSA) is 78.9 Å². The molecule has 0 aromatic carbocycles. The van der Waals surface area contributed by atoms with Crippen LogP contribution < -0.4 is 0 Å². The third-order valence-corrected chi connectivity index (χ3v) is 11.7. The van der Waals surface area contributed by atoms with E-state index in [4.69, 9.17) is 14.2 Å². The molecule has 0 heterocycles. The van der Waals surface area contributed by atoms with Gasteiger partial charge in [0, 0.05) is 19.3 Å². The lowest BCUT2D eigenvalue weighted by Crippen LogP contribution is -2.30. The Kier molecular flexibility index (Phi) is 47.8. The highest BCUT2D eigenvalue weighted by atomic mass is 16.6. The van der Waals surface area contributed by atoms with Gasteiger partial charge < -0.3 is 14.2 Å². The zero-order valence-corrected chi connectivity index (χ0v) is 40.2. The van der Waals surface area contributed by atoms with E-state index in [2.05, 4.69) is 45.1 Å². The van der Waals surface area contributed by atoms with E-state index in [1.54, 1.807) is 0 Å². The summed E-state index contributed by atoms with van der Waals surface area (Å²) in [4.78, 5) is 37.7. The van der Waals surface area contributed by atoms with Gasteiger partial charge in [0.1, 0.15) is 13.2 Å². The summed E-state index contributed by atoms with van der Waals surface area (Å²) in [7, 11) is 0. The molecule has 0 amide bonds. The van der Waals surface area contributed by atoms with Crippen LogP contribution in [0, 0.1) is 0 Å². The molecule has 0 aromatic rings. The maximum Gasteiger partial charge on any atom is 0.306 e. The van der Waals surface area contributed by atoms with Crippen LogP contribution in [0.25, 0.3) is 0 Å². The maximum atomic E-state index is 12.7. The van der Waals surface area contributed by atoms with Crippen molar-refractivity contribution in [1.29, 1.82) is 0 Å². The number of hydrogen-bond donors (Lipinski definition) is 0. The molecule has 0 aliphatic carbocycles. The van der Waals surface area contributed by atoms with Gasteiger partial charge in [-0.05, 0) is 51.4 Å². The lowest BCUT2D eigenvalue weighted by atomic mass is 10.0. The molecule has 0 aromatic heterocycles. The molecule has 0 aliphatic heterocycles. The van der Waals surface area contributed by atoms with E-state index in [1.807, 2.05) is 0 Å². The number of esters is 3. The zero-order chi connectivity index (χ0) is 43.7. The lowest BCUT2D eigenvalue weighted by molar-refractivity contribution is -0.167. The molecule has 352 valence electrons. The van der Waals surface area contributed by atoms with Crippen molar-refractivity contribution in [3.8, 4) is 0 Å². The minimum Gasteiger partial charge on any atom is -0.462 e. The first-order chi connectivity index (χ1) is 29.5. The Morgan fingerprint density at radius 1 is 0.333 bits per heavy atom. The summed E-state index contributed by atoms with van der Waals surface area (Å²) in [6, 6.07) is 0. The Hall–Kier alpha value is -2.11. The monoisotopic (exact) mass is 845 g/mol. The smallest absolute Gasteiger partial charge is 0.306 e. The summed E-state index contributed by atoms with van der Waals surface area (Å²) in [6.07, 6.45) is 56.3. The van der Waals surface area contributed by atoms with Crippen LogP contribution in [0.15, 0.2) is 24.3 Å². The Balaban J connectivity index is 4.10. The van der Waals surface area contributed by atoms with Crippen LogP contribution in [0.4, 0.5) is 0 Å². The molecule has 0 fully saturated rings. The van der Waals surface area contributed by atoms with Gasteiger partial charge in [0.2, 0.25) is 0 Å². The van der Waals surface area contributed by atoms with Crippen molar-refractivity contribution in [2.75, 3.05) is 13.2 Å². The average molecular weight is 845 g/mol. The molecular formula is C54H100O6. The number of carbonyl (C=O) groups is 3. The van der Waals surface area contributed by atoms with Crippen molar-refractivity contribution in [3.63, 3.8) is 0 Å². The van der Waals surface area contributed by atoms with Crippen LogP contribution in [-0.4, -0.2) is 37.2 Å². The van der Waals surface area contributed by atoms with Gasteiger partial charge >= 0.3 is 17.9 Å². The van der Waals surface area contributed by atoms with E-state index in [9.17, 15) is 14.4 Å². The highest BCUT2D eigenvalue weighted by Gasteiger charge is 2.19. The molecule has 0 saturated carbocycles. The van der Waals surface area contributed by atoms with Gasteiger partial charge in [0.25, 0.3) is 0 Å². The van der Waals surface area contributed by atoms with E-state index in [0.717, 1.165) is 83.5 Å². The zero-order valence-electron chi connectivity index (χ0n) is 40.2. The predicted octanol–water partition coefficient (Wildman–Crippen LogP) is 17.2. The first-order valence-corrected chi connectivity index (χ1v) is 26.3. The van der Waals surface area contributed by atoms with Crippen molar-refractivity contribution in [2.24, 2.45) is 0 Å². The number of rotatable bonds is 48. The average Bonchev–Trinajstić information content (AvgIpc) is 3.24. The van der Waals surface area contributed by atoms with Gasteiger partial charge in [-0.1, -0.05) is 238 Å². The Morgan fingerprint density at radius 3 is 0.933 bits per heavy atom. The fourth-order valence-electron chi connectivity index (χ4n) is 7.71. The number of unbranched alkanes of at least 4 members (excludes halogenated alkanes) is 33. The first kappa shape index (κ1) is 57.9. The summed E-state index contributed by atoms with van der Waals surface area (Å²) in [5.41, 5.74) is 0. The highest BCUT2D eigenvalue weighted by Crippen LogP contribution is 2.16. The van der Waals surface area contributed by atoms with Crippen molar-refractivity contribution >= 4 is 17.9 Å². The van der Waals surface area contributed by atoms with Gasteiger partial charge in [-0.15, -0.1) is 0 Å². The van der Waals surface area contributed by atoms with Crippen molar-refractivity contribution in [2.45, 2.75) is 290 Å². The second-order valence-corrected chi connectivity index (χ2v) is 17.8. The van der Waals surface area contributed by atoms with E-state index < -0.39 is 6.10 Å². The minimum absolute atomic E-state index is 0.0735. The van der Waals surface area contributed by atoms with Crippen LogP contribution in [-0.2, 0) is 28.6 Å². The van der Waals surface area contributed by atoms with Gasteiger partial charge in [0.15, 0.2) is 6.10 Å². The van der Waals surface area contributed by atoms with Crippen LogP contribution >= 0.6 is 0 Å². The largest absolute Gasteiger partial charge is 0.462 e. The maximum absolute atomic E-state index is 12.7. The molecule has 0 saturated heterocycles. The number of carbonyl (C=O) groups excluding carboxylic acids is 3. The molecule has 6 nitrogen and oxygen atoms in total. The highest BCUT2D eigenvalue weighted by molar-refractivity contribution is 5.71. The Bertz CT molecular complexity index is 973. The third-order valence-electron chi connectivity index (χ3n) is 11.7. The fraction of sp³-hybridized carbons (Fsp3) is 0.870. The molecule has 60 heavy (non-hydrogen) atoms. The van der Waals surface area contributed by atoms with E-state index in [0.29, 0.717) is 19.3 Å². The number of hydrogen-bond acceptors (Lipinski definition) is 6. The van der Waals surface area contributed by atoms with Crippen LogP contribution in [0.5, 0.6) is 0 Å². The summed E-state index contributed by atoms with van der Waals surface area (Å²) in [6.45, 7) is 6.56. The Morgan fingerprint density at radius 2 is 0.600 bits per heavy atom. The number of ether oxygens (including phenoxy) is 3.